The Morgan fingerprint density at radius 3 is 1.64 bits per heavy atom. The summed E-state index contributed by atoms with van der Waals surface area (Å²) in [7, 11) is 0.541. The summed E-state index contributed by atoms with van der Waals surface area (Å²) in [6.45, 7) is -0.943. The quantitative estimate of drug-likeness (QED) is 0.117. The van der Waals surface area contributed by atoms with E-state index in [4.69, 9.17) is 39.0 Å². The molecule has 36 heavy (non-hydrogen) atoms. The molecule has 0 amide bonds. The van der Waals surface area contributed by atoms with Gasteiger partial charge >= 0.3 is 0 Å². The molecule has 14 atom stereocenters. The highest BCUT2D eigenvalue weighted by atomic mass is 31.2. The van der Waals surface area contributed by atoms with Crippen molar-refractivity contribution in [2.75, 3.05) is 19.8 Å². The van der Waals surface area contributed by atoms with Crippen LogP contribution in [-0.2, 0) is 41.4 Å². The molecule has 3 saturated heterocycles. The summed E-state index contributed by atoms with van der Waals surface area (Å²) in [6.07, 6.45) is -14.2. The van der Waals surface area contributed by atoms with Gasteiger partial charge in [-0.1, -0.05) is 0 Å². The molecule has 3 rings (SSSR count). The topological polar surface area (TPSA) is 246 Å². The molecule has 20 heteroatoms. The number of rotatable bonds is 11. The van der Waals surface area contributed by atoms with Crippen LogP contribution in [0.5, 0.6) is 0 Å². The van der Waals surface area contributed by atoms with Crippen LogP contribution in [0.4, 0.5) is 0 Å². The van der Waals surface area contributed by atoms with Crippen molar-refractivity contribution in [3.8, 4) is 0 Å². The zero-order valence-corrected chi connectivity index (χ0v) is 20.6. The predicted molar refractivity (Wildman–Crippen MR) is 111 cm³/mol. The van der Waals surface area contributed by atoms with Crippen LogP contribution in [0.1, 0.15) is 6.92 Å². The van der Waals surface area contributed by atoms with Crippen LogP contribution in [0.15, 0.2) is 0 Å². The first-order chi connectivity index (χ1) is 16.7. The molecule has 0 bridgehead atoms. The van der Waals surface area contributed by atoms with E-state index >= 15 is 0 Å². The molecule has 204 valence electrons. The number of hydrogen-bond donors (Lipinski definition) is 5. The average Bonchev–Trinajstić information content (AvgIpc) is 3.33. The Bertz CT molecular complexity index is 840. The van der Waals surface area contributed by atoms with Crippen LogP contribution in [0.25, 0.3) is 0 Å². The summed E-state index contributed by atoms with van der Waals surface area (Å²) >= 11 is 0. The molecule has 4 radical (unpaired) electrons. The molecule has 3 fully saturated rings. The first-order valence-corrected chi connectivity index (χ1v) is 13.7. The summed E-state index contributed by atoms with van der Waals surface area (Å²) in [4.78, 5) is 24.5. The number of phosphoric acid groups is 2. The molecule has 5 unspecified atom stereocenters. The van der Waals surface area contributed by atoms with Crippen molar-refractivity contribution < 1.29 is 76.8 Å². The van der Waals surface area contributed by atoms with Crippen molar-refractivity contribution >= 4 is 31.3 Å². The van der Waals surface area contributed by atoms with Gasteiger partial charge in [-0.15, -0.1) is 0 Å². The highest BCUT2D eigenvalue weighted by Gasteiger charge is 2.47. The second kappa shape index (κ2) is 12.0. The fourth-order valence-electron chi connectivity index (χ4n) is 3.84. The Hall–Kier alpha value is 0.0299. The summed E-state index contributed by atoms with van der Waals surface area (Å²) in [6, 6.07) is -2.82. The summed E-state index contributed by atoms with van der Waals surface area (Å²) in [5.74, 6) is 0. The Morgan fingerprint density at radius 1 is 0.750 bits per heavy atom. The molecule has 5 N–H and O–H groups in total. The molecule has 0 aliphatic carbocycles. The van der Waals surface area contributed by atoms with Gasteiger partial charge in [-0.2, -0.15) is 0 Å². The van der Waals surface area contributed by atoms with Crippen molar-refractivity contribution in [3.05, 3.63) is 0 Å². The maximum absolute atomic E-state index is 12.3. The second-order valence-corrected chi connectivity index (χ2v) is 11.2. The zero-order valence-electron chi connectivity index (χ0n) is 18.8. The van der Waals surface area contributed by atoms with E-state index < -0.39 is 109 Å². The molecule has 0 saturated carbocycles. The Kier molecular flexibility index (Phi) is 10.2. The van der Waals surface area contributed by atoms with Crippen LogP contribution in [0.3, 0.4) is 0 Å². The van der Waals surface area contributed by atoms with Crippen molar-refractivity contribution in [2.45, 2.75) is 80.0 Å². The lowest BCUT2D eigenvalue weighted by molar-refractivity contribution is -0.239. The number of hydrogen-bond acceptors (Lipinski definition) is 16. The summed E-state index contributed by atoms with van der Waals surface area (Å²) in [5, 5.41) is 48.8. The lowest BCUT2D eigenvalue weighted by Gasteiger charge is -2.32. The van der Waals surface area contributed by atoms with E-state index in [0.29, 0.717) is 0 Å². The van der Waals surface area contributed by atoms with Crippen molar-refractivity contribution in [3.63, 3.8) is 0 Å². The van der Waals surface area contributed by atoms with Crippen LogP contribution in [0, 0.1) is 0 Å². The van der Waals surface area contributed by atoms with Crippen LogP contribution >= 0.6 is 15.6 Å². The molecule has 0 aromatic carbocycles. The lowest BCUT2D eigenvalue weighted by Crippen LogP contribution is -2.39. The summed E-state index contributed by atoms with van der Waals surface area (Å²) in [5.41, 5.74) is 0. The van der Waals surface area contributed by atoms with Gasteiger partial charge in [0.2, 0.25) is 0 Å². The molecule has 0 aromatic heterocycles. The highest BCUT2D eigenvalue weighted by Crippen LogP contribution is 2.46. The number of phosphoric ester groups is 2. The molecular weight excluding hydrogens is 532 g/mol. The van der Waals surface area contributed by atoms with E-state index in [9.17, 15) is 44.4 Å². The van der Waals surface area contributed by atoms with Gasteiger partial charge < -0.3 is 67.6 Å². The van der Waals surface area contributed by atoms with Crippen molar-refractivity contribution in [1.82, 2.24) is 0 Å². The molecule has 3 aliphatic heterocycles. The van der Waals surface area contributed by atoms with Crippen LogP contribution in [0.2, 0.25) is 0 Å². The van der Waals surface area contributed by atoms with Gasteiger partial charge in [0.1, 0.15) is 70.6 Å². The first-order valence-electron chi connectivity index (χ1n) is 10.7. The van der Waals surface area contributed by atoms with E-state index in [2.05, 4.69) is 9.05 Å². The molecular formula is C16H26B2O16P2-2. The highest BCUT2D eigenvalue weighted by molar-refractivity contribution is 7.46. The number of ether oxygens (including phenoxy) is 3. The van der Waals surface area contributed by atoms with Gasteiger partial charge in [0.15, 0.2) is 0 Å². The molecule has 3 heterocycles. The first kappa shape index (κ1) is 30.6. The number of aliphatic hydroxyl groups excluding tert-OH is 5. The lowest BCUT2D eigenvalue weighted by atomic mass is 9.93. The fraction of sp³-hybridized carbons (Fsp3) is 1.00. The fourth-order valence-corrected chi connectivity index (χ4v) is 5.73. The minimum absolute atomic E-state index is 0.724. The average molecular weight is 558 g/mol. The third-order valence-electron chi connectivity index (χ3n) is 5.82. The minimum Gasteiger partial charge on any atom is -0.756 e. The monoisotopic (exact) mass is 558 g/mol. The minimum atomic E-state index is -5.23. The third kappa shape index (κ3) is 7.16. The van der Waals surface area contributed by atoms with Gasteiger partial charge in [0, 0.05) is 12.0 Å². The molecule has 0 spiro atoms. The SMILES string of the molecule is [B][C@@H]1O[C@H](CO)C(OP(=O)([O-])OC[C@H]2O[C@@H]([B])[C@@H](O)C2OP(=O)([O-])OC[C@H]2O[C@@H](C)[C@@H](O)C2O)[C@@H]1O. The predicted octanol–water partition coefficient (Wildman–Crippen LogP) is -5.26. The van der Waals surface area contributed by atoms with E-state index in [1.807, 2.05) is 0 Å². The summed E-state index contributed by atoms with van der Waals surface area (Å²) < 4.78 is 58.7. The maximum atomic E-state index is 12.3. The van der Waals surface area contributed by atoms with E-state index in [0.717, 1.165) is 0 Å². The molecule has 3 aliphatic rings. The normalized spacial score (nSPS) is 46.6. The van der Waals surface area contributed by atoms with Gasteiger partial charge in [-0.05, 0) is 6.92 Å². The smallest absolute Gasteiger partial charge is 0.268 e. The van der Waals surface area contributed by atoms with Crippen LogP contribution in [-0.4, -0.2) is 134 Å². The van der Waals surface area contributed by atoms with Crippen molar-refractivity contribution in [1.29, 1.82) is 0 Å². The second-order valence-electron chi connectivity index (χ2n) is 8.43. The number of aliphatic hydroxyl groups is 5. The molecule has 0 aromatic rings. The maximum Gasteiger partial charge on any atom is 0.268 e. The van der Waals surface area contributed by atoms with Gasteiger partial charge in [0.25, 0.3) is 15.6 Å². The van der Waals surface area contributed by atoms with Crippen LogP contribution < -0.4 is 9.79 Å². The van der Waals surface area contributed by atoms with E-state index in [1.165, 1.54) is 6.92 Å². The van der Waals surface area contributed by atoms with Gasteiger partial charge in [-0.3, -0.25) is 9.13 Å². The van der Waals surface area contributed by atoms with Crippen molar-refractivity contribution in [2.24, 2.45) is 0 Å². The Balaban J connectivity index is 1.57. The standard InChI is InChI=1S/C16H28B2O16P2/c1-5-9(20)10(21)7(30-5)3-28-35(24,25)34-14-8(32-16(18)12(14)23)4-29-36(26,27)33-13-6(2-19)31-15(17)11(13)22/h5-16,19-23H,2-4H2,1H3,(H,24,25)(H,26,27)/p-2/t5-,6+,7+,8+,9+,10?,11-,12-,13?,14?,15+,16+/m0/s1. The Labute approximate surface area is 208 Å². The van der Waals surface area contributed by atoms with E-state index in [1.54, 1.807) is 0 Å². The molecule has 16 nitrogen and oxygen atoms in total. The van der Waals surface area contributed by atoms with Gasteiger partial charge in [-0.25, -0.2) is 0 Å². The van der Waals surface area contributed by atoms with E-state index in [-0.39, 0.29) is 0 Å². The Morgan fingerprint density at radius 2 is 1.19 bits per heavy atom. The third-order valence-corrected chi connectivity index (χ3v) is 7.75. The largest absolute Gasteiger partial charge is 0.756 e. The zero-order chi connectivity index (χ0) is 27.0. The van der Waals surface area contributed by atoms with Gasteiger partial charge in [0.05, 0.1) is 25.9 Å².